The van der Waals surface area contributed by atoms with E-state index in [2.05, 4.69) is 10.3 Å². The number of nitrogens with zero attached hydrogens (tertiary/aromatic N) is 2. The molecule has 1 amide bonds. The molecule has 0 unspecified atom stereocenters. The quantitative estimate of drug-likeness (QED) is 0.306. The number of amides is 1. The number of pyridine rings is 1. The van der Waals surface area contributed by atoms with Crippen molar-refractivity contribution in [1.29, 1.82) is 0 Å². The number of thioether (sulfide) groups is 1. The van der Waals surface area contributed by atoms with E-state index in [0.29, 0.717) is 33.2 Å². The van der Waals surface area contributed by atoms with Gasteiger partial charge >= 0.3 is 5.97 Å². The Hall–Kier alpha value is -4.11. The fourth-order valence-corrected chi connectivity index (χ4v) is 4.04. The van der Waals surface area contributed by atoms with E-state index in [0.717, 1.165) is 0 Å². The number of nitrogens with one attached hydrogen (secondary N) is 1. The largest absolute Gasteiger partial charge is 0.497 e. The lowest BCUT2D eigenvalue weighted by molar-refractivity contribution is -0.113. The first-order valence-corrected chi connectivity index (χ1v) is 11.3. The summed E-state index contributed by atoms with van der Waals surface area (Å²) in [4.78, 5) is 42.3. The number of carbonyl (C=O) groups is 2. The summed E-state index contributed by atoms with van der Waals surface area (Å²) in [5.74, 6) is -0.0411. The highest BCUT2D eigenvalue weighted by molar-refractivity contribution is 8.00. The Kier molecular flexibility index (Phi) is 7.24. The topological polar surface area (TPSA) is 99.0 Å². The van der Waals surface area contributed by atoms with Crippen molar-refractivity contribution in [3.63, 3.8) is 0 Å². The van der Waals surface area contributed by atoms with E-state index in [1.165, 1.54) is 22.2 Å². The molecule has 0 spiro atoms. The lowest BCUT2D eigenvalue weighted by atomic mass is 10.2. The normalized spacial score (nSPS) is 10.6. The van der Waals surface area contributed by atoms with Crippen LogP contribution in [0.25, 0.3) is 5.65 Å². The first-order valence-electron chi connectivity index (χ1n) is 10.3. The van der Waals surface area contributed by atoms with Crippen molar-refractivity contribution >= 4 is 35.0 Å². The highest BCUT2D eigenvalue weighted by atomic mass is 32.2. The monoisotopic (exact) mass is 475 g/mol. The third-order valence-corrected chi connectivity index (χ3v) is 5.87. The Labute approximate surface area is 199 Å². The van der Waals surface area contributed by atoms with Gasteiger partial charge in [-0.2, -0.15) is 0 Å². The molecule has 9 heteroatoms. The van der Waals surface area contributed by atoms with Gasteiger partial charge in [0, 0.05) is 28.9 Å². The minimum Gasteiger partial charge on any atom is -0.497 e. The Bertz CT molecular complexity index is 1400. The average Bonchev–Trinajstić information content (AvgIpc) is 2.86. The number of rotatable bonds is 8. The molecule has 1 N–H and O–H groups in total. The molecule has 2 heterocycles. The summed E-state index contributed by atoms with van der Waals surface area (Å²) >= 11 is 1.23. The van der Waals surface area contributed by atoms with Crippen molar-refractivity contribution in [2.75, 3.05) is 18.2 Å². The number of benzene rings is 2. The minimum absolute atomic E-state index is 0.102. The Morgan fingerprint density at radius 2 is 1.85 bits per heavy atom. The highest BCUT2D eigenvalue weighted by Crippen LogP contribution is 2.24. The van der Waals surface area contributed by atoms with Crippen molar-refractivity contribution in [2.24, 2.45) is 0 Å². The Morgan fingerprint density at radius 1 is 1.03 bits per heavy atom. The van der Waals surface area contributed by atoms with Crippen molar-refractivity contribution in [3.05, 3.63) is 101 Å². The van der Waals surface area contributed by atoms with Crippen LogP contribution < -0.4 is 15.6 Å². The maximum Gasteiger partial charge on any atom is 0.339 e. The molecule has 0 aliphatic heterocycles. The van der Waals surface area contributed by atoms with E-state index in [1.807, 2.05) is 0 Å². The fraction of sp³-hybridized carbons (Fsp3) is 0.120. The Morgan fingerprint density at radius 3 is 2.71 bits per heavy atom. The summed E-state index contributed by atoms with van der Waals surface area (Å²) in [6, 6.07) is 20.5. The molecule has 34 heavy (non-hydrogen) atoms. The zero-order chi connectivity index (χ0) is 23.9. The first kappa shape index (κ1) is 23.1. The van der Waals surface area contributed by atoms with Crippen LogP contribution >= 0.6 is 11.8 Å². The smallest absolute Gasteiger partial charge is 0.339 e. The van der Waals surface area contributed by atoms with Crippen LogP contribution in [0.5, 0.6) is 5.75 Å². The van der Waals surface area contributed by atoms with E-state index in [4.69, 9.17) is 9.47 Å². The second-order valence-corrected chi connectivity index (χ2v) is 8.17. The molecule has 8 nitrogen and oxygen atoms in total. The number of anilines is 1. The van der Waals surface area contributed by atoms with Crippen molar-refractivity contribution in [2.45, 2.75) is 11.5 Å². The zero-order valence-corrected chi connectivity index (χ0v) is 19.1. The van der Waals surface area contributed by atoms with E-state index >= 15 is 0 Å². The molecule has 172 valence electrons. The molecule has 0 fully saturated rings. The van der Waals surface area contributed by atoms with Crippen molar-refractivity contribution < 1.29 is 19.1 Å². The summed E-state index contributed by atoms with van der Waals surface area (Å²) in [6.07, 6.45) is 1.62. The zero-order valence-electron chi connectivity index (χ0n) is 18.3. The number of fused-ring (bicyclic) bond motifs is 1. The summed E-state index contributed by atoms with van der Waals surface area (Å²) in [7, 11) is 1.56. The Balaban J connectivity index is 1.39. The predicted octanol–water partition coefficient (Wildman–Crippen LogP) is 3.79. The summed E-state index contributed by atoms with van der Waals surface area (Å²) in [6.45, 7) is -0.144. The van der Waals surface area contributed by atoms with Gasteiger partial charge in [0.05, 0.1) is 24.1 Å². The molecule has 0 aliphatic rings. The van der Waals surface area contributed by atoms with Crippen LogP contribution in [0, 0.1) is 0 Å². The SMILES string of the molecule is COc1cccc(NC(=O)CSc2ccccc2C(=O)OCc2cc(=O)n3ccccc3n2)c1. The van der Waals surface area contributed by atoms with E-state index in [1.54, 1.807) is 80.0 Å². The van der Waals surface area contributed by atoms with Crippen LogP contribution in [0.3, 0.4) is 0 Å². The maximum atomic E-state index is 12.7. The number of methoxy groups -OCH3 is 1. The van der Waals surface area contributed by atoms with Gasteiger partial charge in [0.1, 0.15) is 18.0 Å². The van der Waals surface area contributed by atoms with E-state index in [9.17, 15) is 14.4 Å². The molecule has 0 aliphatic carbocycles. The first-order chi connectivity index (χ1) is 16.5. The van der Waals surface area contributed by atoms with Crippen molar-refractivity contribution in [1.82, 2.24) is 9.38 Å². The van der Waals surface area contributed by atoms with Gasteiger partial charge < -0.3 is 14.8 Å². The number of hydrogen-bond donors (Lipinski definition) is 1. The molecule has 2 aromatic heterocycles. The summed E-state index contributed by atoms with van der Waals surface area (Å²) < 4.78 is 12.0. The number of esters is 1. The maximum absolute atomic E-state index is 12.7. The van der Waals surface area contributed by atoms with Crippen LogP contribution in [0.1, 0.15) is 16.1 Å². The second-order valence-electron chi connectivity index (χ2n) is 7.16. The van der Waals surface area contributed by atoms with E-state index < -0.39 is 5.97 Å². The second kappa shape index (κ2) is 10.7. The number of aromatic nitrogens is 2. The van der Waals surface area contributed by atoms with Gasteiger partial charge in [-0.3, -0.25) is 14.0 Å². The van der Waals surface area contributed by atoms with Gasteiger partial charge in [-0.25, -0.2) is 9.78 Å². The minimum atomic E-state index is -0.564. The van der Waals surface area contributed by atoms with Crippen LogP contribution in [0.4, 0.5) is 5.69 Å². The molecule has 4 rings (SSSR count). The fourth-order valence-electron chi connectivity index (χ4n) is 3.20. The van der Waals surface area contributed by atoms with Crippen LogP contribution in [0.2, 0.25) is 0 Å². The molecule has 0 saturated carbocycles. The van der Waals surface area contributed by atoms with E-state index in [-0.39, 0.29) is 23.8 Å². The van der Waals surface area contributed by atoms with Crippen LogP contribution in [-0.2, 0) is 16.1 Å². The van der Waals surface area contributed by atoms with Crippen LogP contribution in [-0.4, -0.2) is 34.1 Å². The van der Waals surface area contributed by atoms with Gasteiger partial charge in [-0.05, 0) is 36.4 Å². The molecular formula is C25H21N3O5S. The highest BCUT2D eigenvalue weighted by Gasteiger charge is 2.15. The molecular weight excluding hydrogens is 454 g/mol. The third kappa shape index (κ3) is 5.62. The third-order valence-electron chi connectivity index (χ3n) is 4.79. The standard InChI is InChI=1S/C25H21N3O5S/c1-32-19-8-6-7-17(13-19)27-23(29)16-34-21-10-3-2-9-20(21)25(31)33-15-18-14-24(30)28-12-5-4-11-22(28)26-18/h2-14H,15-16H2,1H3,(H,27,29). The average molecular weight is 476 g/mol. The molecule has 0 bridgehead atoms. The predicted molar refractivity (Wildman–Crippen MR) is 129 cm³/mol. The number of carbonyl (C=O) groups excluding carboxylic acids is 2. The van der Waals surface area contributed by atoms with Crippen LogP contribution in [0.15, 0.2) is 88.7 Å². The summed E-state index contributed by atoms with van der Waals surface area (Å²) in [5.41, 5.74) is 1.52. The number of hydrogen-bond acceptors (Lipinski definition) is 7. The molecule has 0 atom stereocenters. The van der Waals surface area contributed by atoms with Gasteiger partial charge in [0.15, 0.2) is 0 Å². The summed E-state index contributed by atoms with van der Waals surface area (Å²) in [5, 5.41) is 2.81. The van der Waals surface area contributed by atoms with Gasteiger partial charge in [-0.15, -0.1) is 11.8 Å². The van der Waals surface area contributed by atoms with Gasteiger partial charge in [0.2, 0.25) is 5.91 Å². The molecule has 2 aromatic carbocycles. The lowest BCUT2D eigenvalue weighted by Gasteiger charge is -2.10. The number of ether oxygens (including phenoxy) is 2. The lowest BCUT2D eigenvalue weighted by Crippen LogP contribution is -2.16. The van der Waals surface area contributed by atoms with Gasteiger partial charge in [0.25, 0.3) is 5.56 Å². The molecule has 0 saturated heterocycles. The molecule has 4 aromatic rings. The molecule has 0 radical (unpaired) electrons. The van der Waals surface area contributed by atoms with Crippen molar-refractivity contribution in [3.8, 4) is 5.75 Å². The van der Waals surface area contributed by atoms with Gasteiger partial charge in [-0.1, -0.05) is 24.3 Å².